The van der Waals surface area contributed by atoms with Crippen molar-refractivity contribution in [3.05, 3.63) is 0 Å². The molecular formula is C10H21NO2. The Kier molecular flexibility index (Phi) is 4.99. The summed E-state index contributed by atoms with van der Waals surface area (Å²) in [7, 11) is 1.72. The quantitative estimate of drug-likeness (QED) is 0.667. The maximum absolute atomic E-state index is 11.1. The Balaban J connectivity index is 4.48. The van der Waals surface area contributed by atoms with Crippen LogP contribution in [0.25, 0.3) is 0 Å². The summed E-state index contributed by atoms with van der Waals surface area (Å²) >= 11 is 0. The van der Waals surface area contributed by atoms with Gasteiger partial charge in [0.1, 0.15) is 5.54 Å². The van der Waals surface area contributed by atoms with Gasteiger partial charge in [0.25, 0.3) is 0 Å². The number of hydrogen-bond donors (Lipinski definition) is 2. The van der Waals surface area contributed by atoms with E-state index in [9.17, 15) is 4.79 Å². The van der Waals surface area contributed by atoms with Crippen molar-refractivity contribution in [2.75, 3.05) is 7.05 Å². The Morgan fingerprint density at radius 3 is 2.31 bits per heavy atom. The molecule has 0 fully saturated rings. The van der Waals surface area contributed by atoms with E-state index in [0.29, 0.717) is 18.8 Å². The van der Waals surface area contributed by atoms with Crippen molar-refractivity contribution >= 4 is 5.97 Å². The van der Waals surface area contributed by atoms with Gasteiger partial charge in [-0.3, -0.25) is 4.79 Å². The molecular weight excluding hydrogens is 166 g/mol. The first kappa shape index (κ1) is 12.4. The van der Waals surface area contributed by atoms with Gasteiger partial charge in [-0.05, 0) is 25.8 Å². The molecule has 0 aliphatic carbocycles. The summed E-state index contributed by atoms with van der Waals surface area (Å²) in [5, 5.41) is 12.0. The van der Waals surface area contributed by atoms with Gasteiger partial charge < -0.3 is 10.4 Å². The highest BCUT2D eigenvalue weighted by Crippen LogP contribution is 2.22. The van der Waals surface area contributed by atoms with Crippen LogP contribution in [0.2, 0.25) is 0 Å². The number of rotatable bonds is 6. The topological polar surface area (TPSA) is 49.3 Å². The molecule has 0 aromatic carbocycles. The minimum atomic E-state index is -0.738. The van der Waals surface area contributed by atoms with Crippen molar-refractivity contribution < 1.29 is 9.90 Å². The first-order chi connectivity index (χ1) is 6.02. The van der Waals surface area contributed by atoms with E-state index >= 15 is 0 Å². The molecule has 0 radical (unpaired) electrons. The van der Waals surface area contributed by atoms with Crippen LogP contribution in [0.1, 0.15) is 40.0 Å². The molecule has 0 amide bonds. The third-order valence-electron chi connectivity index (χ3n) is 2.89. The normalized spacial score (nSPS) is 17.8. The summed E-state index contributed by atoms with van der Waals surface area (Å²) in [6.45, 7) is 6.08. The number of aliphatic carboxylic acids is 1. The molecule has 0 aromatic rings. The smallest absolute Gasteiger partial charge is 0.323 e. The van der Waals surface area contributed by atoms with Crippen LogP contribution in [0.15, 0.2) is 0 Å². The van der Waals surface area contributed by atoms with Gasteiger partial charge >= 0.3 is 5.97 Å². The van der Waals surface area contributed by atoms with Crippen molar-refractivity contribution in [3.8, 4) is 0 Å². The number of likely N-dealkylation sites (N-methyl/N-ethyl adjacent to an activating group) is 1. The Bertz CT molecular complexity index is 164. The Morgan fingerprint density at radius 2 is 2.08 bits per heavy atom. The molecule has 0 bridgehead atoms. The standard InChI is InChI=1S/C10H21NO2/c1-5-8(3)7-10(6-2,11-4)9(12)13/h8,11H,5-7H2,1-4H3,(H,12,13). The molecule has 2 atom stereocenters. The van der Waals surface area contributed by atoms with E-state index in [2.05, 4.69) is 19.2 Å². The SMILES string of the molecule is CCC(C)CC(CC)(NC)C(=O)O. The lowest BCUT2D eigenvalue weighted by atomic mass is 9.85. The zero-order valence-electron chi connectivity index (χ0n) is 9.05. The molecule has 2 N–H and O–H groups in total. The zero-order valence-corrected chi connectivity index (χ0v) is 9.05. The summed E-state index contributed by atoms with van der Waals surface area (Å²) in [5.41, 5.74) is -0.727. The van der Waals surface area contributed by atoms with Gasteiger partial charge in [0.2, 0.25) is 0 Å². The summed E-state index contributed by atoms with van der Waals surface area (Å²) < 4.78 is 0. The molecule has 0 heterocycles. The second-order valence-electron chi connectivity index (χ2n) is 3.71. The van der Waals surface area contributed by atoms with E-state index in [1.807, 2.05) is 6.92 Å². The predicted molar refractivity (Wildman–Crippen MR) is 53.8 cm³/mol. The summed E-state index contributed by atoms with van der Waals surface area (Å²) in [5.74, 6) is -0.290. The van der Waals surface area contributed by atoms with Gasteiger partial charge in [0.05, 0.1) is 0 Å². The Hall–Kier alpha value is -0.570. The van der Waals surface area contributed by atoms with Gasteiger partial charge in [-0.25, -0.2) is 0 Å². The minimum Gasteiger partial charge on any atom is -0.480 e. The average Bonchev–Trinajstić information content (AvgIpc) is 2.13. The van der Waals surface area contributed by atoms with Crippen LogP contribution in [0.3, 0.4) is 0 Å². The van der Waals surface area contributed by atoms with Gasteiger partial charge in [-0.2, -0.15) is 0 Å². The lowest BCUT2D eigenvalue weighted by Crippen LogP contribution is -2.50. The molecule has 0 aromatic heterocycles. The second kappa shape index (κ2) is 5.22. The maximum atomic E-state index is 11.1. The highest BCUT2D eigenvalue weighted by Gasteiger charge is 2.35. The fourth-order valence-corrected chi connectivity index (χ4v) is 1.51. The molecule has 0 spiro atoms. The van der Waals surface area contributed by atoms with Crippen LogP contribution >= 0.6 is 0 Å². The minimum absolute atomic E-state index is 0.448. The van der Waals surface area contributed by atoms with E-state index in [-0.39, 0.29) is 0 Å². The first-order valence-corrected chi connectivity index (χ1v) is 4.94. The number of carboxylic acids is 1. The van der Waals surface area contributed by atoms with Crippen LogP contribution in [-0.4, -0.2) is 23.7 Å². The monoisotopic (exact) mass is 187 g/mol. The summed E-state index contributed by atoms with van der Waals surface area (Å²) in [4.78, 5) is 11.1. The van der Waals surface area contributed by atoms with E-state index in [4.69, 9.17) is 5.11 Å². The van der Waals surface area contributed by atoms with Crippen LogP contribution in [0.4, 0.5) is 0 Å². The first-order valence-electron chi connectivity index (χ1n) is 4.94. The third kappa shape index (κ3) is 2.99. The van der Waals surface area contributed by atoms with E-state index < -0.39 is 11.5 Å². The van der Waals surface area contributed by atoms with Gasteiger partial charge in [0, 0.05) is 0 Å². The number of hydrogen-bond acceptors (Lipinski definition) is 2. The molecule has 0 rings (SSSR count). The van der Waals surface area contributed by atoms with Crippen molar-refractivity contribution in [2.45, 2.75) is 45.6 Å². The van der Waals surface area contributed by atoms with Crippen molar-refractivity contribution in [2.24, 2.45) is 5.92 Å². The Labute approximate surface area is 80.5 Å². The van der Waals surface area contributed by atoms with Crippen molar-refractivity contribution in [1.29, 1.82) is 0 Å². The molecule has 0 aliphatic rings. The molecule has 78 valence electrons. The molecule has 0 saturated heterocycles. The summed E-state index contributed by atoms with van der Waals surface area (Å²) in [6, 6.07) is 0. The highest BCUT2D eigenvalue weighted by molar-refractivity contribution is 5.78. The van der Waals surface area contributed by atoms with E-state index in [0.717, 1.165) is 6.42 Å². The zero-order chi connectivity index (χ0) is 10.5. The molecule has 3 nitrogen and oxygen atoms in total. The van der Waals surface area contributed by atoms with Gasteiger partial charge in [-0.1, -0.05) is 27.2 Å². The predicted octanol–water partition coefficient (Wildman–Crippen LogP) is 1.88. The van der Waals surface area contributed by atoms with E-state index in [1.165, 1.54) is 0 Å². The lowest BCUT2D eigenvalue weighted by Gasteiger charge is -2.30. The van der Waals surface area contributed by atoms with Crippen LogP contribution < -0.4 is 5.32 Å². The summed E-state index contributed by atoms with van der Waals surface area (Å²) in [6.07, 6.45) is 2.35. The molecule has 3 heteroatoms. The van der Waals surface area contributed by atoms with Crippen LogP contribution in [0.5, 0.6) is 0 Å². The largest absolute Gasteiger partial charge is 0.480 e. The molecule has 0 aliphatic heterocycles. The number of nitrogens with one attached hydrogen (secondary N) is 1. The van der Waals surface area contributed by atoms with Crippen molar-refractivity contribution in [1.82, 2.24) is 5.32 Å². The van der Waals surface area contributed by atoms with E-state index in [1.54, 1.807) is 7.05 Å². The Morgan fingerprint density at radius 1 is 1.54 bits per heavy atom. The third-order valence-corrected chi connectivity index (χ3v) is 2.89. The van der Waals surface area contributed by atoms with Gasteiger partial charge in [-0.15, -0.1) is 0 Å². The maximum Gasteiger partial charge on any atom is 0.323 e. The highest BCUT2D eigenvalue weighted by atomic mass is 16.4. The molecule has 0 saturated carbocycles. The fourth-order valence-electron chi connectivity index (χ4n) is 1.51. The van der Waals surface area contributed by atoms with Crippen molar-refractivity contribution in [3.63, 3.8) is 0 Å². The van der Waals surface area contributed by atoms with Crippen LogP contribution in [0, 0.1) is 5.92 Å². The lowest BCUT2D eigenvalue weighted by molar-refractivity contribution is -0.145. The molecule has 2 unspecified atom stereocenters. The van der Waals surface area contributed by atoms with Crippen LogP contribution in [-0.2, 0) is 4.79 Å². The fraction of sp³-hybridized carbons (Fsp3) is 0.900. The van der Waals surface area contributed by atoms with Gasteiger partial charge in [0.15, 0.2) is 0 Å². The molecule has 13 heavy (non-hydrogen) atoms. The second-order valence-corrected chi connectivity index (χ2v) is 3.71. The number of carbonyl (C=O) groups is 1. The number of carboxylic acid groups (broad SMARTS) is 1. The average molecular weight is 187 g/mol.